The molecule has 0 radical (unpaired) electrons. The summed E-state index contributed by atoms with van der Waals surface area (Å²) in [7, 11) is 0. The molecule has 0 aliphatic carbocycles. The van der Waals surface area contributed by atoms with E-state index in [0.29, 0.717) is 0 Å². The Morgan fingerprint density at radius 2 is 2.56 bits per heavy atom. The Hall–Kier alpha value is -0.720. The summed E-state index contributed by atoms with van der Waals surface area (Å²) in [6.45, 7) is 4.77. The third-order valence-electron chi connectivity index (χ3n) is 3.29. The monoisotopic (exact) mass is 240 g/mol. The summed E-state index contributed by atoms with van der Waals surface area (Å²) in [6, 6.07) is 0. The number of nitrogens with one attached hydrogen (secondary N) is 1. The van der Waals surface area contributed by atoms with Crippen molar-refractivity contribution in [3.05, 3.63) is 5.51 Å². The Kier molecular flexibility index (Phi) is 2.79. The Balaban J connectivity index is 1.74. The fourth-order valence-corrected chi connectivity index (χ4v) is 3.12. The Morgan fingerprint density at radius 3 is 3.31 bits per heavy atom. The van der Waals surface area contributed by atoms with Crippen LogP contribution in [0.1, 0.15) is 12.8 Å². The fraction of sp³-hybridized carbons (Fsp3) is 0.800. The van der Waals surface area contributed by atoms with Crippen molar-refractivity contribution in [3.8, 4) is 0 Å². The Bertz CT molecular complexity index is 331. The van der Waals surface area contributed by atoms with E-state index in [9.17, 15) is 0 Å². The second-order valence-electron chi connectivity index (χ2n) is 4.45. The first kappa shape index (κ1) is 10.4. The average molecular weight is 240 g/mol. The van der Waals surface area contributed by atoms with Gasteiger partial charge in [-0.05, 0) is 12.8 Å². The molecule has 2 fully saturated rings. The highest BCUT2D eigenvalue weighted by Gasteiger charge is 2.38. The second-order valence-corrected chi connectivity index (χ2v) is 5.27. The van der Waals surface area contributed by atoms with Crippen molar-refractivity contribution in [2.45, 2.75) is 18.4 Å². The quantitative estimate of drug-likeness (QED) is 0.774. The van der Waals surface area contributed by atoms with E-state index in [0.717, 1.165) is 44.3 Å². The lowest BCUT2D eigenvalue weighted by molar-refractivity contribution is -0.0725. The van der Waals surface area contributed by atoms with Crippen molar-refractivity contribution in [2.75, 3.05) is 37.7 Å². The van der Waals surface area contributed by atoms with Crippen molar-refractivity contribution in [3.63, 3.8) is 0 Å². The van der Waals surface area contributed by atoms with Crippen LogP contribution in [0.5, 0.6) is 0 Å². The van der Waals surface area contributed by atoms with Gasteiger partial charge in [-0.2, -0.15) is 0 Å². The van der Waals surface area contributed by atoms with E-state index in [1.54, 1.807) is 16.8 Å². The minimum atomic E-state index is 0.00215. The highest BCUT2D eigenvalue weighted by molar-refractivity contribution is 7.13. The molecular weight excluding hydrogens is 224 g/mol. The molecule has 1 aromatic rings. The summed E-state index contributed by atoms with van der Waals surface area (Å²) in [6.07, 6.45) is 2.32. The molecule has 0 saturated carbocycles. The van der Waals surface area contributed by atoms with Gasteiger partial charge in [-0.15, -0.1) is 10.2 Å². The predicted octanol–water partition coefficient (Wildman–Crippen LogP) is 0.497. The lowest BCUT2D eigenvalue weighted by atomic mass is 9.92. The van der Waals surface area contributed by atoms with Crippen LogP contribution < -0.4 is 10.2 Å². The van der Waals surface area contributed by atoms with Gasteiger partial charge in [0.25, 0.3) is 0 Å². The standard InChI is InChI=1S/C10H16N4OS/c1-2-10(6-11-3-5-15-10)7-14(4-1)9-13-12-8-16-9/h8,11H,1-7H2. The molecule has 3 rings (SSSR count). The topological polar surface area (TPSA) is 50.3 Å². The summed E-state index contributed by atoms with van der Waals surface area (Å²) in [5.41, 5.74) is 1.79. The SMILES string of the molecule is c1nnc(N2CCCC3(CNCCO3)C2)s1. The van der Waals surface area contributed by atoms with Gasteiger partial charge >= 0.3 is 0 Å². The molecule has 1 aromatic heterocycles. The number of morpholine rings is 1. The van der Waals surface area contributed by atoms with Crippen LogP contribution in [0.4, 0.5) is 5.13 Å². The maximum atomic E-state index is 5.99. The average Bonchev–Trinajstić information content (AvgIpc) is 2.83. The minimum absolute atomic E-state index is 0.00215. The molecule has 2 saturated heterocycles. The second kappa shape index (κ2) is 4.27. The lowest BCUT2D eigenvalue weighted by Crippen LogP contribution is -2.58. The Morgan fingerprint density at radius 1 is 1.56 bits per heavy atom. The fourth-order valence-electron chi connectivity index (χ4n) is 2.54. The molecule has 2 aliphatic heterocycles. The van der Waals surface area contributed by atoms with Gasteiger partial charge in [0.05, 0.1) is 18.8 Å². The molecule has 0 aromatic carbocycles. The van der Waals surface area contributed by atoms with Gasteiger partial charge in [-0.3, -0.25) is 0 Å². The number of nitrogens with zero attached hydrogens (tertiary/aromatic N) is 3. The number of ether oxygens (including phenoxy) is 1. The molecule has 1 N–H and O–H groups in total. The van der Waals surface area contributed by atoms with Gasteiger partial charge in [-0.1, -0.05) is 11.3 Å². The first-order valence-electron chi connectivity index (χ1n) is 5.74. The zero-order valence-corrected chi connectivity index (χ0v) is 10.0. The smallest absolute Gasteiger partial charge is 0.208 e. The third kappa shape index (κ3) is 1.92. The van der Waals surface area contributed by atoms with Crippen molar-refractivity contribution < 1.29 is 4.74 Å². The molecule has 1 atom stereocenters. The Labute approximate surface area is 98.8 Å². The van der Waals surface area contributed by atoms with Crippen LogP contribution in [0.2, 0.25) is 0 Å². The molecule has 0 amide bonds. The number of anilines is 1. The van der Waals surface area contributed by atoms with Crippen molar-refractivity contribution in [1.29, 1.82) is 0 Å². The van der Waals surface area contributed by atoms with Crippen molar-refractivity contribution in [1.82, 2.24) is 15.5 Å². The number of hydrogen-bond donors (Lipinski definition) is 1. The number of rotatable bonds is 1. The summed E-state index contributed by atoms with van der Waals surface area (Å²) >= 11 is 1.60. The van der Waals surface area contributed by atoms with E-state index >= 15 is 0 Å². The van der Waals surface area contributed by atoms with Gasteiger partial charge in [0.1, 0.15) is 5.51 Å². The lowest BCUT2D eigenvalue weighted by Gasteiger charge is -2.44. The molecule has 3 heterocycles. The maximum Gasteiger partial charge on any atom is 0.208 e. The van der Waals surface area contributed by atoms with E-state index in [2.05, 4.69) is 20.4 Å². The van der Waals surface area contributed by atoms with Crippen LogP contribution in [-0.2, 0) is 4.74 Å². The van der Waals surface area contributed by atoms with Crippen molar-refractivity contribution in [2.24, 2.45) is 0 Å². The zero-order valence-electron chi connectivity index (χ0n) is 9.19. The zero-order chi connectivity index (χ0) is 10.8. The highest BCUT2D eigenvalue weighted by Crippen LogP contribution is 2.29. The molecule has 6 heteroatoms. The molecule has 5 nitrogen and oxygen atoms in total. The largest absolute Gasteiger partial charge is 0.371 e. The molecule has 16 heavy (non-hydrogen) atoms. The van der Waals surface area contributed by atoms with E-state index in [4.69, 9.17) is 4.74 Å². The van der Waals surface area contributed by atoms with E-state index in [1.165, 1.54) is 6.42 Å². The van der Waals surface area contributed by atoms with Crippen LogP contribution in [0.3, 0.4) is 0 Å². The normalized spacial score (nSPS) is 30.9. The number of hydrogen-bond acceptors (Lipinski definition) is 6. The molecular formula is C10H16N4OS. The summed E-state index contributed by atoms with van der Waals surface area (Å²) < 4.78 is 5.99. The number of aromatic nitrogens is 2. The van der Waals surface area contributed by atoms with E-state index in [1.807, 2.05) is 0 Å². The van der Waals surface area contributed by atoms with E-state index < -0.39 is 0 Å². The van der Waals surface area contributed by atoms with Gasteiger partial charge in [0, 0.05) is 19.6 Å². The van der Waals surface area contributed by atoms with E-state index in [-0.39, 0.29) is 5.60 Å². The first-order chi connectivity index (χ1) is 7.88. The van der Waals surface area contributed by atoms with Crippen LogP contribution in [0, 0.1) is 0 Å². The molecule has 1 spiro atoms. The van der Waals surface area contributed by atoms with Crippen molar-refractivity contribution >= 4 is 16.5 Å². The first-order valence-corrected chi connectivity index (χ1v) is 6.62. The molecule has 1 unspecified atom stereocenters. The predicted molar refractivity (Wildman–Crippen MR) is 62.9 cm³/mol. The van der Waals surface area contributed by atoms with Gasteiger partial charge < -0.3 is 15.0 Å². The summed E-state index contributed by atoms with van der Waals surface area (Å²) in [5, 5.41) is 12.5. The summed E-state index contributed by atoms with van der Waals surface area (Å²) in [4.78, 5) is 2.30. The number of piperidine rings is 1. The summed E-state index contributed by atoms with van der Waals surface area (Å²) in [5.74, 6) is 0. The molecule has 88 valence electrons. The van der Waals surface area contributed by atoms with Crippen LogP contribution in [0.25, 0.3) is 0 Å². The van der Waals surface area contributed by atoms with Crippen LogP contribution >= 0.6 is 11.3 Å². The van der Waals surface area contributed by atoms with Crippen LogP contribution in [-0.4, -0.2) is 48.6 Å². The minimum Gasteiger partial charge on any atom is -0.371 e. The van der Waals surface area contributed by atoms with Gasteiger partial charge in [-0.25, -0.2) is 0 Å². The highest BCUT2D eigenvalue weighted by atomic mass is 32.1. The molecule has 2 aliphatic rings. The molecule has 0 bridgehead atoms. The van der Waals surface area contributed by atoms with Gasteiger partial charge in [0.2, 0.25) is 5.13 Å². The third-order valence-corrected chi connectivity index (χ3v) is 4.04. The maximum absolute atomic E-state index is 5.99. The van der Waals surface area contributed by atoms with Gasteiger partial charge in [0.15, 0.2) is 0 Å². The van der Waals surface area contributed by atoms with Crippen LogP contribution in [0.15, 0.2) is 5.51 Å².